The second-order valence-corrected chi connectivity index (χ2v) is 4.65. The average Bonchev–Trinajstić information content (AvgIpc) is 3.20. The third-order valence-electron chi connectivity index (χ3n) is 3.06. The Hall–Kier alpha value is -1.09. The van der Waals surface area contributed by atoms with Gasteiger partial charge in [0, 0.05) is 12.1 Å². The molecule has 1 fully saturated rings. The molecular weight excluding hydrogens is 240 g/mol. The number of hydrogen-bond acceptors (Lipinski definition) is 3. The van der Waals surface area contributed by atoms with E-state index in [4.69, 9.17) is 25.8 Å². The summed E-state index contributed by atoms with van der Waals surface area (Å²) in [6.07, 6.45) is 2.35. The molecule has 17 heavy (non-hydrogen) atoms. The van der Waals surface area contributed by atoms with Crippen molar-refractivity contribution in [3.8, 4) is 17.2 Å². The molecule has 1 atom stereocenters. The lowest BCUT2D eigenvalue weighted by Crippen LogP contribution is -2.02. The summed E-state index contributed by atoms with van der Waals surface area (Å²) in [4.78, 5) is 0. The summed E-state index contributed by atoms with van der Waals surface area (Å²) >= 11 is 6.47. The molecule has 0 heterocycles. The zero-order chi connectivity index (χ0) is 12.4. The monoisotopic (exact) mass is 256 g/mol. The van der Waals surface area contributed by atoms with Crippen molar-refractivity contribution >= 4 is 11.6 Å². The predicted octanol–water partition coefficient (Wildman–Crippen LogP) is 3.40. The molecule has 0 spiro atoms. The maximum atomic E-state index is 6.47. The standard InChI is InChI=1S/C13H17ClO3/c1-15-9-6-10(16-2)12(11(7-9)17-3)13(14)8-4-5-8/h6-8,13H,4-5H2,1-3H3. The fraction of sp³-hybridized carbons (Fsp3) is 0.538. The van der Waals surface area contributed by atoms with Gasteiger partial charge in [0.2, 0.25) is 0 Å². The number of benzene rings is 1. The van der Waals surface area contributed by atoms with E-state index in [0.29, 0.717) is 11.7 Å². The van der Waals surface area contributed by atoms with Crippen molar-refractivity contribution in [2.45, 2.75) is 18.2 Å². The van der Waals surface area contributed by atoms with Crippen molar-refractivity contribution in [3.63, 3.8) is 0 Å². The van der Waals surface area contributed by atoms with E-state index in [1.54, 1.807) is 21.3 Å². The third-order valence-corrected chi connectivity index (χ3v) is 3.64. The van der Waals surface area contributed by atoms with Crippen LogP contribution in [0.4, 0.5) is 0 Å². The van der Waals surface area contributed by atoms with Gasteiger partial charge in [-0.3, -0.25) is 0 Å². The Morgan fingerprint density at radius 2 is 1.59 bits per heavy atom. The maximum absolute atomic E-state index is 6.47. The Labute approximate surface area is 107 Å². The molecule has 1 unspecified atom stereocenters. The van der Waals surface area contributed by atoms with E-state index in [2.05, 4.69) is 0 Å². The van der Waals surface area contributed by atoms with Gasteiger partial charge in [-0.1, -0.05) is 0 Å². The summed E-state index contributed by atoms with van der Waals surface area (Å²) in [5.74, 6) is 2.70. The van der Waals surface area contributed by atoms with Gasteiger partial charge in [-0.05, 0) is 18.8 Å². The summed E-state index contributed by atoms with van der Waals surface area (Å²) in [5.41, 5.74) is 0.931. The van der Waals surface area contributed by atoms with Crippen LogP contribution in [0.15, 0.2) is 12.1 Å². The van der Waals surface area contributed by atoms with E-state index in [0.717, 1.165) is 17.1 Å². The number of rotatable bonds is 5. The van der Waals surface area contributed by atoms with Gasteiger partial charge in [0.25, 0.3) is 0 Å². The Morgan fingerprint density at radius 3 is 1.94 bits per heavy atom. The van der Waals surface area contributed by atoms with Gasteiger partial charge in [-0.15, -0.1) is 11.6 Å². The van der Waals surface area contributed by atoms with Gasteiger partial charge in [-0.25, -0.2) is 0 Å². The minimum absolute atomic E-state index is 0.0502. The third kappa shape index (κ3) is 2.44. The van der Waals surface area contributed by atoms with Crippen LogP contribution in [0.3, 0.4) is 0 Å². The van der Waals surface area contributed by atoms with E-state index < -0.39 is 0 Å². The van der Waals surface area contributed by atoms with Gasteiger partial charge < -0.3 is 14.2 Å². The lowest BCUT2D eigenvalue weighted by Gasteiger charge is -2.18. The lowest BCUT2D eigenvalue weighted by atomic mass is 10.1. The quantitative estimate of drug-likeness (QED) is 0.756. The maximum Gasteiger partial charge on any atom is 0.130 e. The Kier molecular flexibility index (Phi) is 3.67. The van der Waals surface area contributed by atoms with Crippen LogP contribution < -0.4 is 14.2 Å². The van der Waals surface area contributed by atoms with Gasteiger partial charge in [0.15, 0.2) is 0 Å². The SMILES string of the molecule is COc1cc(OC)c(C(Cl)C2CC2)c(OC)c1. The number of hydrogen-bond donors (Lipinski definition) is 0. The first-order valence-electron chi connectivity index (χ1n) is 5.65. The van der Waals surface area contributed by atoms with Crippen molar-refractivity contribution in [3.05, 3.63) is 17.7 Å². The number of alkyl halides is 1. The molecule has 0 bridgehead atoms. The topological polar surface area (TPSA) is 27.7 Å². The van der Waals surface area contributed by atoms with Crippen LogP contribution in [0, 0.1) is 5.92 Å². The molecule has 1 aliphatic rings. The van der Waals surface area contributed by atoms with Crippen LogP contribution in [-0.4, -0.2) is 21.3 Å². The zero-order valence-corrected chi connectivity index (χ0v) is 11.1. The van der Waals surface area contributed by atoms with Crippen LogP contribution in [0.5, 0.6) is 17.2 Å². The van der Waals surface area contributed by atoms with E-state index in [1.807, 2.05) is 12.1 Å². The normalized spacial score (nSPS) is 16.5. The van der Waals surface area contributed by atoms with E-state index >= 15 is 0 Å². The molecule has 3 nitrogen and oxygen atoms in total. The molecule has 0 radical (unpaired) electrons. The zero-order valence-electron chi connectivity index (χ0n) is 10.3. The van der Waals surface area contributed by atoms with Gasteiger partial charge >= 0.3 is 0 Å². The molecule has 0 saturated heterocycles. The second-order valence-electron chi connectivity index (χ2n) is 4.18. The highest BCUT2D eigenvalue weighted by atomic mass is 35.5. The first-order chi connectivity index (χ1) is 8.21. The molecule has 0 aromatic heterocycles. The van der Waals surface area contributed by atoms with E-state index in [9.17, 15) is 0 Å². The van der Waals surface area contributed by atoms with Gasteiger partial charge in [-0.2, -0.15) is 0 Å². The molecule has 0 aliphatic heterocycles. The molecule has 2 rings (SSSR count). The smallest absolute Gasteiger partial charge is 0.130 e. The summed E-state index contributed by atoms with van der Waals surface area (Å²) < 4.78 is 16.0. The Balaban J connectivity index is 2.45. The minimum Gasteiger partial charge on any atom is -0.496 e. The molecule has 1 aromatic carbocycles. The fourth-order valence-corrected chi connectivity index (χ4v) is 2.40. The molecule has 0 amide bonds. The van der Waals surface area contributed by atoms with Crippen LogP contribution >= 0.6 is 11.6 Å². The molecular formula is C13H17ClO3. The molecule has 1 aliphatic carbocycles. The highest BCUT2D eigenvalue weighted by Crippen LogP contribution is 2.51. The number of methoxy groups -OCH3 is 3. The molecule has 4 heteroatoms. The van der Waals surface area contributed by atoms with Crippen LogP contribution in [0.25, 0.3) is 0 Å². The van der Waals surface area contributed by atoms with Gasteiger partial charge in [0.05, 0.1) is 32.3 Å². The summed E-state index contributed by atoms with van der Waals surface area (Å²) in [7, 11) is 4.88. The second kappa shape index (κ2) is 5.05. The number of halogens is 1. The summed E-state index contributed by atoms with van der Waals surface area (Å²) in [5, 5.41) is -0.0502. The predicted molar refractivity (Wildman–Crippen MR) is 67.4 cm³/mol. The average molecular weight is 257 g/mol. The van der Waals surface area contributed by atoms with Crippen molar-refractivity contribution in [2.75, 3.05) is 21.3 Å². The van der Waals surface area contributed by atoms with Crippen LogP contribution in [-0.2, 0) is 0 Å². The van der Waals surface area contributed by atoms with Crippen LogP contribution in [0.1, 0.15) is 23.8 Å². The van der Waals surface area contributed by atoms with E-state index in [-0.39, 0.29) is 5.38 Å². The highest BCUT2D eigenvalue weighted by molar-refractivity contribution is 6.21. The van der Waals surface area contributed by atoms with Gasteiger partial charge in [0.1, 0.15) is 17.2 Å². The summed E-state index contributed by atoms with van der Waals surface area (Å²) in [6, 6.07) is 3.69. The molecule has 1 aromatic rings. The Morgan fingerprint density at radius 1 is 1.06 bits per heavy atom. The summed E-state index contributed by atoms with van der Waals surface area (Å²) in [6.45, 7) is 0. The Bertz CT molecular complexity index is 377. The largest absolute Gasteiger partial charge is 0.496 e. The van der Waals surface area contributed by atoms with Crippen molar-refractivity contribution < 1.29 is 14.2 Å². The van der Waals surface area contributed by atoms with Crippen LogP contribution in [0.2, 0.25) is 0 Å². The van der Waals surface area contributed by atoms with Crippen molar-refractivity contribution in [2.24, 2.45) is 5.92 Å². The minimum atomic E-state index is -0.0502. The lowest BCUT2D eigenvalue weighted by molar-refractivity contribution is 0.367. The molecule has 0 N–H and O–H groups in total. The molecule has 1 saturated carbocycles. The number of ether oxygens (including phenoxy) is 3. The van der Waals surface area contributed by atoms with E-state index in [1.165, 1.54) is 12.8 Å². The first kappa shape index (κ1) is 12.4. The van der Waals surface area contributed by atoms with Crippen molar-refractivity contribution in [1.29, 1.82) is 0 Å². The molecule has 94 valence electrons. The van der Waals surface area contributed by atoms with Crippen molar-refractivity contribution in [1.82, 2.24) is 0 Å². The fourth-order valence-electron chi connectivity index (χ4n) is 1.93. The first-order valence-corrected chi connectivity index (χ1v) is 6.08. The highest BCUT2D eigenvalue weighted by Gasteiger charge is 2.34.